The van der Waals surface area contributed by atoms with Gasteiger partial charge in [0, 0.05) is 18.0 Å². The number of aromatic nitrogens is 2. The molecule has 2 aromatic heterocycles. The van der Waals surface area contributed by atoms with Gasteiger partial charge >= 0.3 is 5.97 Å². The van der Waals surface area contributed by atoms with E-state index < -0.39 is 12.0 Å². The van der Waals surface area contributed by atoms with Crippen molar-refractivity contribution in [3.8, 4) is 10.4 Å². The van der Waals surface area contributed by atoms with Crippen LogP contribution in [-0.2, 0) is 14.3 Å². The molecule has 1 N–H and O–H groups in total. The summed E-state index contributed by atoms with van der Waals surface area (Å²) in [5.74, 6) is 0.0433. The van der Waals surface area contributed by atoms with Gasteiger partial charge in [-0.05, 0) is 11.6 Å². The van der Waals surface area contributed by atoms with Crippen LogP contribution >= 0.6 is 11.3 Å². The molecule has 27 heavy (non-hydrogen) atoms. The Bertz CT molecular complexity index is 989. The van der Waals surface area contributed by atoms with Gasteiger partial charge in [-0.25, -0.2) is 9.97 Å². The molecule has 1 aromatic carbocycles. The lowest BCUT2D eigenvalue weighted by atomic mass is 10.1. The lowest BCUT2D eigenvalue weighted by molar-refractivity contribution is -0.143. The molecule has 1 fully saturated rings. The number of amides is 1. The summed E-state index contributed by atoms with van der Waals surface area (Å²) in [6, 6.07) is 11.5. The minimum Gasteiger partial charge on any atom is -0.469 e. The number of piperazine rings is 1. The van der Waals surface area contributed by atoms with Crippen molar-refractivity contribution in [2.75, 3.05) is 25.1 Å². The van der Waals surface area contributed by atoms with Crippen molar-refractivity contribution in [3.05, 3.63) is 42.7 Å². The van der Waals surface area contributed by atoms with E-state index in [2.05, 4.69) is 15.3 Å². The van der Waals surface area contributed by atoms with Crippen LogP contribution in [0.25, 0.3) is 20.7 Å². The van der Waals surface area contributed by atoms with Crippen LogP contribution in [0.15, 0.2) is 42.7 Å². The van der Waals surface area contributed by atoms with E-state index in [0.717, 1.165) is 20.7 Å². The van der Waals surface area contributed by atoms with Gasteiger partial charge in [0.2, 0.25) is 5.91 Å². The van der Waals surface area contributed by atoms with Crippen molar-refractivity contribution < 1.29 is 14.3 Å². The second kappa shape index (κ2) is 7.32. The third-order valence-corrected chi connectivity index (χ3v) is 5.65. The van der Waals surface area contributed by atoms with Crippen LogP contribution < -0.4 is 10.2 Å². The fraction of sp³-hybridized carbons (Fsp3) is 0.263. The molecule has 0 radical (unpaired) electrons. The number of methoxy groups -OCH3 is 1. The van der Waals surface area contributed by atoms with E-state index in [9.17, 15) is 9.59 Å². The molecule has 3 heterocycles. The highest BCUT2D eigenvalue weighted by molar-refractivity contribution is 7.21. The number of nitrogens with zero attached hydrogens (tertiary/aromatic N) is 3. The Hall–Kier alpha value is -3.00. The largest absolute Gasteiger partial charge is 0.469 e. The molecule has 138 valence electrons. The third kappa shape index (κ3) is 3.35. The van der Waals surface area contributed by atoms with Crippen LogP contribution in [0.5, 0.6) is 0 Å². The average Bonchev–Trinajstić information content (AvgIpc) is 3.14. The lowest BCUT2D eigenvalue weighted by Gasteiger charge is -2.35. The summed E-state index contributed by atoms with van der Waals surface area (Å²) in [5, 5.41) is 3.69. The van der Waals surface area contributed by atoms with Crippen molar-refractivity contribution >= 4 is 39.2 Å². The number of rotatable bonds is 4. The SMILES string of the molecule is COC(=O)C[C@@H]1C(=O)NCCN1c1ncnc2sc(-c3ccccc3)cc12. The van der Waals surface area contributed by atoms with Gasteiger partial charge in [-0.3, -0.25) is 9.59 Å². The van der Waals surface area contributed by atoms with E-state index >= 15 is 0 Å². The monoisotopic (exact) mass is 382 g/mol. The molecule has 3 aromatic rings. The molecule has 1 atom stereocenters. The second-order valence-corrected chi connectivity index (χ2v) is 7.20. The Labute approximate surface area is 160 Å². The van der Waals surface area contributed by atoms with E-state index in [-0.39, 0.29) is 12.3 Å². The minimum atomic E-state index is -0.649. The third-order valence-electron chi connectivity index (χ3n) is 4.56. The van der Waals surface area contributed by atoms with Crippen molar-refractivity contribution in [3.63, 3.8) is 0 Å². The van der Waals surface area contributed by atoms with Gasteiger partial charge in [-0.15, -0.1) is 11.3 Å². The molecule has 1 saturated heterocycles. The number of thiophene rings is 1. The minimum absolute atomic E-state index is 0.0243. The first kappa shape index (κ1) is 17.4. The topological polar surface area (TPSA) is 84.4 Å². The zero-order chi connectivity index (χ0) is 18.8. The Balaban J connectivity index is 1.76. The lowest BCUT2D eigenvalue weighted by Crippen LogP contribution is -2.56. The zero-order valence-electron chi connectivity index (χ0n) is 14.7. The first-order valence-corrected chi connectivity index (χ1v) is 9.40. The Morgan fingerprint density at radius 2 is 2.15 bits per heavy atom. The van der Waals surface area contributed by atoms with Crippen LogP contribution in [0, 0.1) is 0 Å². The summed E-state index contributed by atoms with van der Waals surface area (Å²) in [4.78, 5) is 36.8. The highest BCUT2D eigenvalue weighted by Crippen LogP contribution is 2.36. The van der Waals surface area contributed by atoms with Gasteiger partial charge in [0.05, 0.1) is 18.9 Å². The highest BCUT2D eigenvalue weighted by atomic mass is 32.1. The summed E-state index contributed by atoms with van der Waals surface area (Å²) in [6.07, 6.45) is 1.48. The van der Waals surface area contributed by atoms with Crippen molar-refractivity contribution in [2.24, 2.45) is 0 Å². The van der Waals surface area contributed by atoms with Gasteiger partial charge < -0.3 is 15.0 Å². The van der Waals surface area contributed by atoms with Crippen molar-refractivity contribution in [2.45, 2.75) is 12.5 Å². The zero-order valence-corrected chi connectivity index (χ0v) is 15.5. The van der Waals surface area contributed by atoms with Crippen LogP contribution in [0.3, 0.4) is 0 Å². The Morgan fingerprint density at radius 1 is 1.33 bits per heavy atom. The molecule has 4 rings (SSSR count). The number of hydrogen-bond acceptors (Lipinski definition) is 7. The molecule has 0 saturated carbocycles. The molecule has 1 aliphatic rings. The van der Waals surface area contributed by atoms with Gasteiger partial charge in [0.25, 0.3) is 0 Å². The van der Waals surface area contributed by atoms with Crippen LogP contribution in [-0.4, -0.2) is 48.1 Å². The number of anilines is 1. The van der Waals surface area contributed by atoms with E-state index in [4.69, 9.17) is 4.74 Å². The summed E-state index contributed by atoms with van der Waals surface area (Å²) >= 11 is 1.58. The molecule has 0 unspecified atom stereocenters. The average molecular weight is 382 g/mol. The molecule has 8 heteroatoms. The fourth-order valence-corrected chi connectivity index (χ4v) is 4.23. The van der Waals surface area contributed by atoms with E-state index in [1.807, 2.05) is 41.3 Å². The number of benzene rings is 1. The number of ether oxygens (including phenoxy) is 1. The number of hydrogen-bond donors (Lipinski definition) is 1. The van der Waals surface area contributed by atoms with Crippen molar-refractivity contribution in [1.82, 2.24) is 15.3 Å². The number of esters is 1. The van der Waals surface area contributed by atoms with Crippen LogP contribution in [0.2, 0.25) is 0 Å². The Kier molecular flexibility index (Phi) is 4.72. The predicted octanol–water partition coefficient (Wildman–Crippen LogP) is 2.23. The Morgan fingerprint density at radius 3 is 2.93 bits per heavy atom. The second-order valence-electron chi connectivity index (χ2n) is 6.17. The molecular weight excluding hydrogens is 364 g/mol. The smallest absolute Gasteiger partial charge is 0.308 e. The summed E-state index contributed by atoms with van der Waals surface area (Å²) in [7, 11) is 1.32. The fourth-order valence-electron chi connectivity index (χ4n) is 3.23. The molecule has 0 bridgehead atoms. The van der Waals surface area contributed by atoms with E-state index in [0.29, 0.717) is 18.9 Å². The van der Waals surface area contributed by atoms with Gasteiger partial charge in [0.15, 0.2) is 0 Å². The maximum atomic E-state index is 12.4. The standard InChI is InChI=1S/C19H18N4O3S/c1-26-16(24)10-14-18(25)20-7-8-23(14)17-13-9-15(12-5-3-2-4-6-12)27-19(13)22-11-21-17/h2-6,9,11,14H,7-8,10H2,1H3,(H,20,25)/t14-/m1/s1. The highest BCUT2D eigenvalue weighted by Gasteiger charge is 2.34. The maximum absolute atomic E-state index is 12.4. The van der Waals surface area contributed by atoms with Crippen molar-refractivity contribution in [1.29, 1.82) is 0 Å². The molecule has 7 nitrogen and oxygen atoms in total. The van der Waals surface area contributed by atoms with Crippen LogP contribution in [0.1, 0.15) is 6.42 Å². The summed E-state index contributed by atoms with van der Waals surface area (Å²) < 4.78 is 4.76. The van der Waals surface area contributed by atoms with E-state index in [1.165, 1.54) is 13.4 Å². The molecular formula is C19H18N4O3S. The quantitative estimate of drug-likeness (QED) is 0.697. The van der Waals surface area contributed by atoms with E-state index in [1.54, 1.807) is 11.3 Å². The maximum Gasteiger partial charge on any atom is 0.308 e. The number of carbonyl (C=O) groups excluding carboxylic acids is 2. The summed E-state index contributed by atoms with van der Waals surface area (Å²) in [6.45, 7) is 1.06. The first-order valence-electron chi connectivity index (χ1n) is 8.58. The number of carbonyl (C=O) groups is 2. The van der Waals surface area contributed by atoms with Gasteiger partial charge in [-0.2, -0.15) is 0 Å². The molecule has 0 aliphatic carbocycles. The number of fused-ring (bicyclic) bond motifs is 1. The number of nitrogens with one attached hydrogen (secondary N) is 1. The molecule has 0 spiro atoms. The predicted molar refractivity (Wildman–Crippen MR) is 104 cm³/mol. The molecule has 1 amide bonds. The molecule has 1 aliphatic heterocycles. The van der Waals surface area contributed by atoms with Crippen LogP contribution in [0.4, 0.5) is 5.82 Å². The first-order chi connectivity index (χ1) is 13.2. The normalized spacial score (nSPS) is 17.0. The van der Waals surface area contributed by atoms with Gasteiger partial charge in [-0.1, -0.05) is 30.3 Å². The summed E-state index contributed by atoms with van der Waals surface area (Å²) in [5.41, 5.74) is 1.11. The van der Waals surface area contributed by atoms with Gasteiger partial charge in [0.1, 0.15) is 23.0 Å².